The number of halogens is 3. The number of benzene rings is 1. The molecule has 3 N–H and O–H groups in total. The van der Waals surface area contributed by atoms with Gasteiger partial charge in [0, 0.05) is 29.3 Å². The zero-order chi connectivity index (χ0) is 24.8. The number of nitrogens with zero attached hydrogens (tertiary/aromatic N) is 2. The van der Waals surface area contributed by atoms with Crippen LogP contribution in [-0.4, -0.2) is 30.0 Å². The van der Waals surface area contributed by atoms with E-state index in [1.165, 1.54) is 30.3 Å². The molecule has 0 saturated heterocycles. The zero-order valence-electron chi connectivity index (χ0n) is 17.5. The van der Waals surface area contributed by atoms with Gasteiger partial charge in [0.15, 0.2) is 0 Å². The van der Waals surface area contributed by atoms with Crippen LogP contribution >= 0.6 is 0 Å². The molecule has 1 aromatic heterocycles. The van der Waals surface area contributed by atoms with E-state index < -0.39 is 44.4 Å². The minimum atomic E-state index is -6.09. The Morgan fingerprint density at radius 3 is 2.42 bits per heavy atom. The van der Waals surface area contributed by atoms with Crippen molar-refractivity contribution in [3.8, 4) is 23.1 Å². The van der Waals surface area contributed by atoms with Gasteiger partial charge < -0.3 is 15.0 Å². The predicted molar refractivity (Wildman–Crippen MR) is 111 cm³/mol. The molecule has 1 aromatic carbocycles. The molecule has 1 fully saturated rings. The molecule has 12 heteroatoms. The average Bonchev–Trinajstić information content (AvgIpc) is 2.69. The summed E-state index contributed by atoms with van der Waals surface area (Å²) in [4.78, 5) is 15.1. The molecule has 1 aliphatic rings. The topological polar surface area (TPSA) is 143 Å². The lowest BCUT2D eigenvalue weighted by molar-refractivity contribution is -0.141. The molecule has 0 aliphatic heterocycles. The minimum Gasteiger partial charge on any atom is -0.481 e. The molecule has 33 heavy (non-hydrogen) atoms. The summed E-state index contributed by atoms with van der Waals surface area (Å²) in [5, 5.41) is 18.7. The number of hydrogen-bond donors (Lipinski definition) is 2. The summed E-state index contributed by atoms with van der Waals surface area (Å²) in [7, 11) is -6.09. The Hall–Kier alpha value is -3.33. The number of aromatic nitrogens is 1. The molecule has 176 valence electrons. The number of aliphatic carboxylic acids is 1. The fraction of sp³-hybridized carbons (Fsp3) is 0.381. The van der Waals surface area contributed by atoms with Gasteiger partial charge in [0.25, 0.3) is 5.88 Å². The first-order valence-electron chi connectivity index (χ1n) is 9.71. The van der Waals surface area contributed by atoms with E-state index in [2.05, 4.69) is 9.17 Å². The Labute approximate surface area is 187 Å². The Bertz CT molecular complexity index is 1240. The number of anilines is 1. The number of carboxylic acid groups (broad SMARTS) is 1. The van der Waals surface area contributed by atoms with Gasteiger partial charge in [-0.15, -0.1) is 0 Å². The largest absolute Gasteiger partial charge is 0.534 e. The van der Waals surface area contributed by atoms with Crippen LogP contribution in [0.5, 0.6) is 5.88 Å². The molecule has 1 heterocycles. The smallest absolute Gasteiger partial charge is 0.481 e. The van der Waals surface area contributed by atoms with Crippen molar-refractivity contribution in [3.63, 3.8) is 0 Å². The van der Waals surface area contributed by atoms with Crippen molar-refractivity contribution < 1.29 is 35.7 Å². The van der Waals surface area contributed by atoms with Crippen LogP contribution < -0.4 is 9.92 Å². The predicted octanol–water partition coefficient (Wildman–Crippen LogP) is 4.04. The van der Waals surface area contributed by atoms with E-state index in [0.717, 1.165) is 0 Å². The van der Waals surface area contributed by atoms with Gasteiger partial charge in [-0.3, -0.25) is 4.79 Å². The molecule has 1 aliphatic carbocycles. The van der Waals surface area contributed by atoms with E-state index in [1.807, 2.05) is 0 Å². The van der Waals surface area contributed by atoms with Gasteiger partial charge >= 0.3 is 21.6 Å². The number of hydrogen-bond acceptors (Lipinski definition) is 7. The molecular formula is C21H20F3N3O5S. The third-order valence-corrected chi connectivity index (χ3v) is 7.00. The summed E-state index contributed by atoms with van der Waals surface area (Å²) < 4.78 is 66.5. The molecule has 8 nitrogen and oxygen atoms in total. The van der Waals surface area contributed by atoms with Crippen LogP contribution in [0.25, 0.3) is 11.1 Å². The lowest BCUT2D eigenvalue weighted by atomic mass is 9.53. The Morgan fingerprint density at radius 1 is 1.33 bits per heavy atom. The highest BCUT2D eigenvalue weighted by Crippen LogP contribution is 2.58. The molecule has 0 amide bonds. The van der Waals surface area contributed by atoms with E-state index in [-0.39, 0.29) is 23.6 Å². The number of rotatable bonds is 6. The van der Waals surface area contributed by atoms with E-state index >= 15 is 0 Å². The van der Waals surface area contributed by atoms with Gasteiger partial charge in [0.2, 0.25) is 0 Å². The molecule has 0 radical (unpaired) electrons. The second-order valence-corrected chi connectivity index (χ2v) is 9.93. The van der Waals surface area contributed by atoms with Crippen molar-refractivity contribution in [2.45, 2.75) is 38.1 Å². The number of nitrogen functional groups attached to an aromatic ring is 1. The van der Waals surface area contributed by atoms with Gasteiger partial charge in [0.1, 0.15) is 11.6 Å². The highest BCUT2D eigenvalue weighted by atomic mass is 32.2. The fourth-order valence-electron chi connectivity index (χ4n) is 4.00. The Morgan fingerprint density at radius 2 is 1.94 bits per heavy atom. The standard InChI is InChI=1S/C21H20F3N3O5S/c1-20(2)12(8-18(28)29)7-16(20)17-9-14(11-3-5-13(26)6-4-11)15(10-25)19(27-17)32-33(30,31)21(22,23)24/h3-6,9,12,16H,7-8,26H2,1-2H3,(H,28,29). The molecule has 2 unspecified atom stereocenters. The number of nitrogens with two attached hydrogens (primary N) is 1. The average molecular weight is 483 g/mol. The maximum atomic E-state index is 13.0. The monoisotopic (exact) mass is 483 g/mol. The normalized spacial score (nSPS) is 19.9. The summed E-state index contributed by atoms with van der Waals surface area (Å²) in [6.45, 7) is 3.59. The van der Waals surface area contributed by atoms with Gasteiger partial charge in [-0.25, -0.2) is 4.98 Å². The van der Waals surface area contributed by atoms with E-state index in [1.54, 1.807) is 19.9 Å². The number of nitriles is 1. The second-order valence-electron chi connectivity index (χ2n) is 8.40. The van der Waals surface area contributed by atoms with Gasteiger partial charge in [-0.2, -0.15) is 26.9 Å². The quantitative estimate of drug-likeness (QED) is 0.356. The van der Waals surface area contributed by atoms with E-state index in [9.17, 15) is 31.6 Å². The first-order valence-corrected chi connectivity index (χ1v) is 11.1. The molecule has 2 aromatic rings. The molecular weight excluding hydrogens is 463 g/mol. The maximum absolute atomic E-state index is 13.0. The third-order valence-electron chi connectivity index (χ3n) is 6.06. The zero-order valence-corrected chi connectivity index (χ0v) is 18.4. The van der Waals surface area contributed by atoms with Crippen molar-refractivity contribution in [1.82, 2.24) is 4.98 Å². The lowest BCUT2D eigenvalue weighted by Crippen LogP contribution is -2.44. The third kappa shape index (κ3) is 4.59. The van der Waals surface area contributed by atoms with Gasteiger partial charge in [-0.05, 0) is 41.5 Å². The van der Waals surface area contributed by atoms with Crippen LogP contribution in [0.2, 0.25) is 0 Å². The Balaban J connectivity index is 2.17. The highest BCUT2D eigenvalue weighted by molar-refractivity contribution is 7.87. The van der Waals surface area contributed by atoms with Crippen molar-refractivity contribution in [2.75, 3.05) is 5.73 Å². The van der Waals surface area contributed by atoms with Crippen LogP contribution in [0.4, 0.5) is 18.9 Å². The SMILES string of the molecule is CC1(C)C(CC(=O)O)CC1c1cc(-c2ccc(N)cc2)c(C#N)c(OS(=O)(=O)C(F)(F)F)n1. The number of pyridine rings is 1. The highest BCUT2D eigenvalue weighted by Gasteiger charge is 2.51. The van der Waals surface area contributed by atoms with E-state index in [0.29, 0.717) is 17.7 Å². The van der Waals surface area contributed by atoms with Crippen LogP contribution in [0.1, 0.15) is 43.9 Å². The van der Waals surface area contributed by atoms with Crippen LogP contribution in [0, 0.1) is 22.7 Å². The van der Waals surface area contributed by atoms with E-state index in [4.69, 9.17) is 10.8 Å². The van der Waals surface area contributed by atoms with Gasteiger partial charge in [0.05, 0.1) is 0 Å². The van der Waals surface area contributed by atoms with Crippen molar-refractivity contribution in [2.24, 2.45) is 11.3 Å². The lowest BCUT2D eigenvalue weighted by Gasteiger charge is -2.51. The molecule has 2 atom stereocenters. The summed E-state index contributed by atoms with van der Waals surface area (Å²) >= 11 is 0. The van der Waals surface area contributed by atoms with Crippen molar-refractivity contribution in [1.29, 1.82) is 5.26 Å². The van der Waals surface area contributed by atoms with Crippen LogP contribution in [-0.2, 0) is 14.9 Å². The minimum absolute atomic E-state index is 0.101. The second kappa shape index (κ2) is 8.22. The Kier molecular flexibility index (Phi) is 6.06. The molecule has 0 bridgehead atoms. The molecule has 0 spiro atoms. The summed E-state index contributed by atoms with van der Waals surface area (Å²) in [5.74, 6) is -2.60. The van der Waals surface area contributed by atoms with Crippen LogP contribution in [0.3, 0.4) is 0 Å². The van der Waals surface area contributed by atoms with Crippen molar-refractivity contribution in [3.05, 3.63) is 41.6 Å². The fourth-order valence-corrected chi connectivity index (χ4v) is 4.43. The van der Waals surface area contributed by atoms with Crippen LogP contribution in [0.15, 0.2) is 30.3 Å². The summed E-state index contributed by atoms with van der Waals surface area (Å²) in [6.07, 6.45) is 0.265. The molecule has 1 saturated carbocycles. The number of carboxylic acids is 1. The first kappa shape index (κ1) is 24.3. The number of alkyl halides is 3. The van der Waals surface area contributed by atoms with Crippen molar-refractivity contribution >= 4 is 21.8 Å². The first-order chi connectivity index (χ1) is 15.2. The number of carbonyl (C=O) groups is 1. The maximum Gasteiger partial charge on any atom is 0.534 e. The van der Waals surface area contributed by atoms with Gasteiger partial charge in [-0.1, -0.05) is 26.0 Å². The summed E-state index contributed by atoms with van der Waals surface area (Å²) in [5.41, 5.74) is -0.0278. The summed E-state index contributed by atoms with van der Waals surface area (Å²) in [6, 6.07) is 9.24. The molecule has 3 rings (SSSR count).